The molecule has 2 aliphatic rings. The van der Waals surface area contributed by atoms with Crippen LogP contribution in [0.1, 0.15) is 40.0 Å². The molecule has 2 heterocycles. The van der Waals surface area contributed by atoms with Gasteiger partial charge in [-0.2, -0.15) is 4.31 Å². The van der Waals surface area contributed by atoms with Gasteiger partial charge in [-0.15, -0.1) is 0 Å². The van der Waals surface area contributed by atoms with Crippen LogP contribution in [0.25, 0.3) is 0 Å². The highest BCUT2D eigenvalue weighted by Gasteiger charge is 2.49. The lowest BCUT2D eigenvalue weighted by molar-refractivity contribution is -0.0493. The van der Waals surface area contributed by atoms with Gasteiger partial charge in [0.2, 0.25) is 10.0 Å². The fourth-order valence-corrected chi connectivity index (χ4v) is 6.17. The second-order valence-corrected chi connectivity index (χ2v) is 11.3. The predicted octanol–water partition coefficient (Wildman–Crippen LogP) is 4.22. The fraction of sp³-hybridized carbons (Fsp3) is 0.700. The van der Waals surface area contributed by atoms with E-state index in [1.807, 2.05) is 0 Å². The number of nitrogens with zero attached hydrogens (tertiary/aromatic N) is 2. The molecule has 2 saturated heterocycles. The van der Waals surface area contributed by atoms with E-state index in [2.05, 4.69) is 41.6 Å². The highest BCUT2D eigenvalue weighted by Crippen LogP contribution is 2.45. The van der Waals surface area contributed by atoms with Crippen molar-refractivity contribution in [1.82, 2.24) is 9.21 Å². The van der Waals surface area contributed by atoms with Gasteiger partial charge < -0.3 is 4.90 Å². The Labute approximate surface area is 167 Å². The number of unbranched alkanes of at least 4 members (excludes halogenated alkanes) is 2. The Kier molecular flexibility index (Phi) is 6.17. The number of likely N-dealkylation sites (tertiary alicyclic amines) is 1. The van der Waals surface area contributed by atoms with E-state index in [1.54, 1.807) is 28.6 Å². The lowest BCUT2D eigenvalue weighted by atomic mass is 9.64. The summed E-state index contributed by atoms with van der Waals surface area (Å²) in [4.78, 5) is 2.97. The van der Waals surface area contributed by atoms with E-state index in [1.165, 1.54) is 19.3 Å². The molecule has 2 bridgehead atoms. The molecule has 1 aromatic carbocycles. The SMILES string of the molecule is CCCCCN1CC2CN(S(=O)(=O)c3ccc(Br)cc3)CC(C1)C2(C)C. The van der Waals surface area contributed by atoms with Crippen LogP contribution in [0, 0.1) is 17.3 Å². The number of halogens is 1. The summed E-state index contributed by atoms with van der Waals surface area (Å²) in [6, 6.07) is 7.01. The van der Waals surface area contributed by atoms with Gasteiger partial charge in [0.15, 0.2) is 0 Å². The van der Waals surface area contributed by atoms with Crippen molar-refractivity contribution in [2.24, 2.45) is 17.3 Å². The Hall–Kier alpha value is -0.430. The molecule has 0 amide bonds. The number of sulfonamides is 1. The first-order chi connectivity index (χ1) is 12.2. The summed E-state index contributed by atoms with van der Waals surface area (Å²) in [5, 5.41) is 0. The summed E-state index contributed by atoms with van der Waals surface area (Å²) in [5.74, 6) is 0.781. The molecule has 1 aromatic rings. The van der Waals surface area contributed by atoms with Gasteiger partial charge in [0.25, 0.3) is 0 Å². The minimum atomic E-state index is -3.42. The van der Waals surface area contributed by atoms with Gasteiger partial charge in [0.05, 0.1) is 4.90 Å². The second-order valence-electron chi connectivity index (χ2n) is 8.46. The summed E-state index contributed by atoms with van der Waals surface area (Å²) in [6.07, 6.45) is 3.77. The standard InChI is InChI=1S/C20H31BrN2O2S/c1-4-5-6-11-22-12-16-14-23(15-17(13-22)20(16,2)3)26(24,25)19-9-7-18(21)8-10-19/h7-10,16-17H,4-6,11-15H2,1-3H3. The molecular formula is C20H31BrN2O2S. The van der Waals surface area contributed by atoms with Crippen molar-refractivity contribution in [2.75, 3.05) is 32.7 Å². The van der Waals surface area contributed by atoms with Gasteiger partial charge in [0, 0.05) is 30.7 Å². The Bertz CT molecular complexity index is 700. The average Bonchev–Trinajstić information content (AvgIpc) is 2.55. The van der Waals surface area contributed by atoms with E-state index < -0.39 is 10.0 Å². The molecule has 0 aromatic heterocycles. The molecule has 0 spiro atoms. The minimum Gasteiger partial charge on any atom is -0.303 e. The Morgan fingerprint density at radius 3 is 2.15 bits per heavy atom. The molecule has 0 N–H and O–H groups in total. The zero-order valence-corrected chi connectivity index (χ0v) is 18.5. The number of hydrogen-bond acceptors (Lipinski definition) is 3. The first-order valence-electron chi connectivity index (χ1n) is 9.73. The van der Waals surface area contributed by atoms with Gasteiger partial charge in [0.1, 0.15) is 0 Å². The van der Waals surface area contributed by atoms with Gasteiger partial charge in [-0.3, -0.25) is 0 Å². The Balaban J connectivity index is 1.75. The van der Waals surface area contributed by atoms with Crippen molar-refractivity contribution in [3.05, 3.63) is 28.7 Å². The van der Waals surface area contributed by atoms with Crippen LogP contribution in [0.2, 0.25) is 0 Å². The summed E-state index contributed by atoms with van der Waals surface area (Å²) in [7, 11) is -3.42. The smallest absolute Gasteiger partial charge is 0.243 e. The van der Waals surface area contributed by atoms with E-state index in [0.29, 0.717) is 29.8 Å². The van der Waals surface area contributed by atoms with Crippen LogP contribution in [-0.4, -0.2) is 50.3 Å². The maximum Gasteiger partial charge on any atom is 0.243 e. The van der Waals surface area contributed by atoms with Crippen molar-refractivity contribution >= 4 is 26.0 Å². The minimum absolute atomic E-state index is 0.201. The molecule has 4 nitrogen and oxygen atoms in total. The molecule has 0 radical (unpaired) electrons. The number of fused-ring (bicyclic) bond motifs is 2. The van der Waals surface area contributed by atoms with E-state index in [4.69, 9.17) is 0 Å². The van der Waals surface area contributed by atoms with Crippen molar-refractivity contribution in [3.63, 3.8) is 0 Å². The number of hydrogen-bond donors (Lipinski definition) is 0. The summed E-state index contributed by atoms with van der Waals surface area (Å²) < 4.78 is 28.9. The lowest BCUT2D eigenvalue weighted by Crippen LogP contribution is -2.62. The van der Waals surface area contributed by atoms with E-state index in [-0.39, 0.29) is 5.41 Å². The van der Waals surface area contributed by atoms with Crippen LogP contribution < -0.4 is 0 Å². The van der Waals surface area contributed by atoms with Gasteiger partial charge in [-0.25, -0.2) is 8.42 Å². The zero-order valence-electron chi connectivity index (χ0n) is 16.1. The third kappa shape index (κ3) is 4.03. The second kappa shape index (κ2) is 7.90. The van der Waals surface area contributed by atoms with Crippen LogP contribution in [0.5, 0.6) is 0 Å². The average molecular weight is 443 g/mol. The molecule has 6 heteroatoms. The van der Waals surface area contributed by atoms with Crippen LogP contribution >= 0.6 is 15.9 Å². The van der Waals surface area contributed by atoms with Gasteiger partial charge in [-0.05, 0) is 54.5 Å². The lowest BCUT2D eigenvalue weighted by Gasteiger charge is -2.55. The molecule has 3 rings (SSSR count). The molecule has 2 unspecified atom stereocenters. The van der Waals surface area contributed by atoms with Crippen LogP contribution in [0.15, 0.2) is 33.6 Å². The summed E-state index contributed by atoms with van der Waals surface area (Å²) >= 11 is 3.38. The Morgan fingerprint density at radius 1 is 1.04 bits per heavy atom. The molecule has 0 aliphatic carbocycles. The van der Waals surface area contributed by atoms with Gasteiger partial charge in [-0.1, -0.05) is 49.5 Å². The monoisotopic (exact) mass is 442 g/mol. The number of rotatable bonds is 6. The molecule has 2 aliphatic heterocycles. The van der Waals surface area contributed by atoms with Crippen molar-refractivity contribution in [1.29, 1.82) is 0 Å². The zero-order chi connectivity index (χ0) is 18.9. The molecule has 2 atom stereocenters. The van der Waals surface area contributed by atoms with E-state index in [0.717, 1.165) is 24.1 Å². The highest BCUT2D eigenvalue weighted by atomic mass is 79.9. The third-order valence-electron chi connectivity index (χ3n) is 6.44. The normalized spacial score (nSPS) is 26.8. The first-order valence-corrected chi connectivity index (χ1v) is 12.0. The topological polar surface area (TPSA) is 40.6 Å². The van der Waals surface area contributed by atoms with Crippen molar-refractivity contribution < 1.29 is 8.42 Å². The predicted molar refractivity (Wildman–Crippen MR) is 110 cm³/mol. The van der Waals surface area contributed by atoms with Crippen molar-refractivity contribution in [3.8, 4) is 0 Å². The van der Waals surface area contributed by atoms with E-state index in [9.17, 15) is 8.42 Å². The van der Waals surface area contributed by atoms with E-state index >= 15 is 0 Å². The van der Waals surface area contributed by atoms with Crippen LogP contribution in [0.3, 0.4) is 0 Å². The molecular weight excluding hydrogens is 412 g/mol. The maximum absolute atomic E-state index is 13.1. The quantitative estimate of drug-likeness (QED) is 0.619. The van der Waals surface area contributed by atoms with Crippen molar-refractivity contribution in [2.45, 2.75) is 44.9 Å². The largest absolute Gasteiger partial charge is 0.303 e. The van der Waals surface area contributed by atoms with Crippen LogP contribution in [-0.2, 0) is 10.0 Å². The fourth-order valence-electron chi connectivity index (χ4n) is 4.37. The van der Waals surface area contributed by atoms with Gasteiger partial charge >= 0.3 is 0 Å². The molecule has 0 saturated carbocycles. The molecule has 146 valence electrons. The molecule has 2 fully saturated rings. The summed E-state index contributed by atoms with van der Waals surface area (Å²) in [5.41, 5.74) is 0.201. The number of benzene rings is 1. The highest BCUT2D eigenvalue weighted by molar-refractivity contribution is 9.10. The first kappa shape index (κ1) is 20.3. The molecule has 26 heavy (non-hydrogen) atoms. The third-order valence-corrected chi connectivity index (χ3v) is 8.81. The Morgan fingerprint density at radius 2 is 1.62 bits per heavy atom. The summed E-state index contributed by atoms with van der Waals surface area (Å²) in [6.45, 7) is 11.3. The maximum atomic E-state index is 13.1. The number of piperidine rings is 2. The van der Waals surface area contributed by atoms with Crippen LogP contribution in [0.4, 0.5) is 0 Å².